The zero-order valence-corrected chi connectivity index (χ0v) is 17.6. The van der Waals surface area contributed by atoms with Crippen LogP contribution in [0.3, 0.4) is 0 Å². The lowest BCUT2D eigenvalue weighted by Crippen LogP contribution is -2.52. The van der Waals surface area contributed by atoms with E-state index < -0.39 is 36.0 Å². The van der Waals surface area contributed by atoms with Gasteiger partial charge in [0.05, 0.1) is 17.3 Å². The molecule has 3 rings (SSSR count). The summed E-state index contributed by atoms with van der Waals surface area (Å²) in [7, 11) is 0. The Morgan fingerprint density at radius 3 is 2.58 bits per heavy atom. The van der Waals surface area contributed by atoms with E-state index in [0.717, 1.165) is 12.8 Å². The van der Waals surface area contributed by atoms with Crippen molar-refractivity contribution in [3.05, 3.63) is 28.8 Å². The number of hydrogen-bond acceptors (Lipinski definition) is 5. The predicted octanol–water partition coefficient (Wildman–Crippen LogP) is 1.08. The number of aliphatic hydroxyl groups is 1. The molecule has 1 aliphatic heterocycles. The zero-order valence-electron chi connectivity index (χ0n) is 16.9. The van der Waals surface area contributed by atoms with Crippen molar-refractivity contribution in [1.29, 1.82) is 0 Å². The van der Waals surface area contributed by atoms with E-state index in [9.17, 15) is 24.3 Å². The highest BCUT2D eigenvalue weighted by atomic mass is 35.5. The molecule has 1 unspecified atom stereocenters. The maximum atomic E-state index is 12.9. The van der Waals surface area contributed by atoms with E-state index in [1.54, 1.807) is 0 Å². The Morgan fingerprint density at radius 1 is 1.29 bits per heavy atom. The van der Waals surface area contributed by atoms with Crippen LogP contribution >= 0.6 is 11.6 Å². The molecular formula is C20H25ClN4O6. The molecule has 6 N–H and O–H groups in total. The molecule has 0 spiro atoms. The standard InChI is InChI=1S/C20H25ClN4O6/c1-9-6-10(17(27)22-9)7-15(16(26)19(29)23-12-3-4-12)24-18(28)13-8-11(21)2-5-14(13)25-20(30)31/h2,5,8-10,12,15-16,25-26H,3-4,6-7H2,1H3,(H,22,27)(H,23,29)(H,24,28)(H,30,31)/t9-,10+,15+,16?/m1/s1. The lowest BCUT2D eigenvalue weighted by molar-refractivity contribution is -0.132. The van der Waals surface area contributed by atoms with Crippen molar-refractivity contribution < 1.29 is 29.4 Å². The molecule has 0 aromatic heterocycles. The molecule has 1 aliphatic carbocycles. The van der Waals surface area contributed by atoms with E-state index in [1.807, 2.05) is 6.92 Å². The topological polar surface area (TPSA) is 157 Å². The molecule has 4 amide bonds. The number of nitrogens with one attached hydrogen (secondary N) is 4. The predicted molar refractivity (Wildman–Crippen MR) is 112 cm³/mol. The Kier molecular flexibility index (Phi) is 7.01. The van der Waals surface area contributed by atoms with Crippen LogP contribution < -0.4 is 21.3 Å². The van der Waals surface area contributed by atoms with E-state index in [0.29, 0.717) is 6.42 Å². The summed E-state index contributed by atoms with van der Waals surface area (Å²) in [4.78, 5) is 48.6. The number of anilines is 1. The van der Waals surface area contributed by atoms with Crippen molar-refractivity contribution in [3.8, 4) is 0 Å². The third-order valence-corrected chi connectivity index (χ3v) is 5.53. The molecule has 2 aliphatic rings. The molecule has 1 aromatic carbocycles. The summed E-state index contributed by atoms with van der Waals surface area (Å²) in [5.74, 6) is -2.06. The summed E-state index contributed by atoms with van der Waals surface area (Å²) in [5, 5.41) is 30.0. The first-order valence-electron chi connectivity index (χ1n) is 10.0. The second-order valence-electron chi connectivity index (χ2n) is 8.01. The first-order chi connectivity index (χ1) is 14.6. The summed E-state index contributed by atoms with van der Waals surface area (Å²) in [6, 6.07) is 2.92. The smallest absolute Gasteiger partial charge is 0.409 e. The van der Waals surface area contributed by atoms with Crippen molar-refractivity contribution in [1.82, 2.24) is 16.0 Å². The highest BCUT2D eigenvalue weighted by Gasteiger charge is 2.38. The largest absolute Gasteiger partial charge is 0.465 e. The molecule has 10 nitrogen and oxygen atoms in total. The van der Waals surface area contributed by atoms with Gasteiger partial charge >= 0.3 is 6.09 Å². The van der Waals surface area contributed by atoms with Gasteiger partial charge in [-0.05, 0) is 50.8 Å². The van der Waals surface area contributed by atoms with Crippen molar-refractivity contribution in [2.24, 2.45) is 5.92 Å². The van der Waals surface area contributed by atoms with Crippen LogP contribution in [-0.4, -0.2) is 58.3 Å². The van der Waals surface area contributed by atoms with Gasteiger partial charge in [0.2, 0.25) is 5.91 Å². The monoisotopic (exact) mass is 452 g/mol. The van der Waals surface area contributed by atoms with Gasteiger partial charge in [-0.25, -0.2) is 4.79 Å². The molecule has 168 valence electrons. The third kappa shape index (κ3) is 6.08. The van der Waals surface area contributed by atoms with Crippen LogP contribution in [0, 0.1) is 5.92 Å². The minimum atomic E-state index is -1.58. The Hall–Kier alpha value is -2.85. The fourth-order valence-electron chi connectivity index (χ4n) is 3.60. The number of carboxylic acid groups (broad SMARTS) is 1. The Balaban J connectivity index is 1.80. The van der Waals surface area contributed by atoms with Gasteiger partial charge in [-0.3, -0.25) is 19.7 Å². The number of benzene rings is 1. The molecule has 1 aromatic rings. The maximum absolute atomic E-state index is 12.9. The Morgan fingerprint density at radius 2 is 2.00 bits per heavy atom. The van der Waals surface area contributed by atoms with Gasteiger partial charge in [0.25, 0.3) is 11.8 Å². The SMILES string of the molecule is C[C@@H]1C[C@@H](C[C@H](NC(=O)c2cc(Cl)ccc2NC(=O)O)C(O)C(=O)NC2CC2)C(=O)N1. The second kappa shape index (κ2) is 9.52. The van der Waals surface area contributed by atoms with Gasteiger partial charge in [-0.15, -0.1) is 0 Å². The molecule has 4 atom stereocenters. The molecule has 11 heteroatoms. The minimum absolute atomic E-state index is 0.00250. The molecule has 0 bridgehead atoms. The number of aliphatic hydroxyl groups excluding tert-OH is 1. The van der Waals surface area contributed by atoms with Crippen LogP contribution in [-0.2, 0) is 9.59 Å². The second-order valence-corrected chi connectivity index (χ2v) is 8.44. The van der Waals surface area contributed by atoms with Crippen LogP contribution in [0.2, 0.25) is 5.02 Å². The number of rotatable bonds is 8. The molecule has 2 fully saturated rings. The number of hydrogen-bond donors (Lipinski definition) is 6. The van der Waals surface area contributed by atoms with E-state index in [1.165, 1.54) is 18.2 Å². The third-order valence-electron chi connectivity index (χ3n) is 5.29. The van der Waals surface area contributed by atoms with Crippen molar-refractivity contribution >= 4 is 41.1 Å². The van der Waals surface area contributed by atoms with Gasteiger partial charge in [-0.1, -0.05) is 11.6 Å². The van der Waals surface area contributed by atoms with Crippen LogP contribution in [0.4, 0.5) is 10.5 Å². The van der Waals surface area contributed by atoms with E-state index in [2.05, 4.69) is 21.3 Å². The lowest BCUT2D eigenvalue weighted by Gasteiger charge is -2.26. The average Bonchev–Trinajstić information content (AvgIpc) is 3.44. The highest BCUT2D eigenvalue weighted by Crippen LogP contribution is 2.25. The summed E-state index contributed by atoms with van der Waals surface area (Å²) >= 11 is 5.96. The maximum Gasteiger partial charge on any atom is 0.409 e. The number of carbonyl (C=O) groups excluding carboxylic acids is 3. The van der Waals surface area contributed by atoms with Gasteiger partial charge < -0.3 is 26.2 Å². The fourth-order valence-corrected chi connectivity index (χ4v) is 3.77. The first kappa shape index (κ1) is 22.8. The number of amides is 4. The van der Waals surface area contributed by atoms with E-state index in [-0.39, 0.29) is 40.7 Å². The first-order valence-corrected chi connectivity index (χ1v) is 10.4. The van der Waals surface area contributed by atoms with Gasteiger partial charge in [-0.2, -0.15) is 0 Å². The van der Waals surface area contributed by atoms with Crippen molar-refractivity contribution in [3.63, 3.8) is 0 Å². The highest BCUT2D eigenvalue weighted by molar-refractivity contribution is 6.31. The lowest BCUT2D eigenvalue weighted by atomic mass is 9.93. The Labute approximate surface area is 183 Å². The molecule has 1 heterocycles. The minimum Gasteiger partial charge on any atom is -0.465 e. The summed E-state index contributed by atoms with van der Waals surface area (Å²) in [6.45, 7) is 1.84. The zero-order chi connectivity index (χ0) is 22.7. The van der Waals surface area contributed by atoms with Gasteiger partial charge in [0.15, 0.2) is 6.10 Å². The molecule has 0 radical (unpaired) electrons. The van der Waals surface area contributed by atoms with Gasteiger partial charge in [0.1, 0.15) is 0 Å². The van der Waals surface area contributed by atoms with E-state index >= 15 is 0 Å². The Bertz CT molecular complexity index is 890. The fraction of sp³-hybridized carbons (Fsp3) is 0.500. The van der Waals surface area contributed by atoms with Crippen molar-refractivity contribution in [2.75, 3.05) is 5.32 Å². The van der Waals surface area contributed by atoms with Crippen LogP contribution in [0.5, 0.6) is 0 Å². The summed E-state index contributed by atoms with van der Waals surface area (Å²) in [6.07, 6.45) is -0.749. The average molecular weight is 453 g/mol. The quantitative estimate of drug-likeness (QED) is 0.346. The molecular weight excluding hydrogens is 428 g/mol. The number of carbonyl (C=O) groups is 4. The van der Waals surface area contributed by atoms with E-state index in [4.69, 9.17) is 16.7 Å². The summed E-state index contributed by atoms with van der Waals surface area (Å²) < 4.78 is 0. The van der Waals surface area contributed by atoms with Gasteiger partial charge in [0, 0.05) is 23.0 Å². The molecule has 1 saturated carbocycles. The molecule has 1 saturated heterocycles. The number of halogens is 1. The normalized spacial score (nSPS) is 22.2. The van der Waals surface area contributed by atoms with Crippen LogP contribution in [0.15, 0.2) is 18.2 Å². The van der Waals surface area contributed by atoms with Crippen LogP contribution in [0.25, 0.3) is 0 Å². The molecule has 31 heavy (non-hydrogen) atoms. The summed E-state index contributed by atoms with van der Waals surface area (Å²) in [5.41, 5.74) is -0.0729. The van der Waals surface area contributed by atoms with Crippen LogP contribution in [0.1, 0.15) is 43.0 Å². The van der Waals surface area contributed by atoms with Crippen molar-refractivity contribution in [2.45, 2.75) is 56.8 Å².